The maximum atomic E-state index is 11.1. The molecule has 0 atom stereocenters. The highest BCUT2D eigenvalue weighted by atomic mass is 32.2. The molecule has 0 amide bonds. The molecule has 6 heteroatoms. The number of sulfone groups is 1. The van der Waals surface area contributed by atoms with Gasteiger partial charge < -0.3 is 4.74 Å². The van der Waals surface area contributed by atoms with Crippen molar-refractivity contribution >= 4 is 16.1 Å². The molecule has 0 aromatic carbocycles. The lowest BCUT2D eigenvalue weighted by Crippen LogP contribution is -2.15. The molecular weight excluding hydrogens is 230 g/mol. The van der Waals surface area contributed by atoms with Gasteiger partial charge in [0, 0.05) is 5.75 Å². The number of ether oxygens (including phenoxy) is 1. The summed E-state index contributed by atoms with van der Waals surface area (Å²) in [5, 5.41) is 0. The van der Waals surface area contributed by atoms with Gasteiger partial charge in [-0.25, -0.2) is 13.4 Å². The van der Waals surface area contributed by atoms with Crippen LogP contribution in [0.3, 0.4) is 0 Å². The highest BCUT2D eigenvalue weighted by molar-refractivity contribution is 7.91. The van der Waals surface area contributed by atoms with E-state index in [-0.39, 0.29) is 18.1 Å². The number of aldehydes is 1. The Labute approximate surface area is 94.4 Å². The van der Waals surface area contributed by atoms with Crippen LogP contribution in [0, 0.1) is 0 Å². The minimum Gasteiger partial charge on any atom is -0.491 e. The van der Waals surface area contributed by atoms with Crippen LogP contribution in [0.15, 0.2) is 18.3 Å². The van der Waals surface area contributed by atoms with Crippen LogP contribution in [0.2, 0.25) is 0 Å². The zero-order valence-electron chi connectivity index (χ0n) is 8.92. The standard InChI is InChI=1S/C10H13NO4S/c1-2-16(13,14)6-5-15-10-4-3-9(8-12)11-7-10/h3-4,7-8H,2,5-6H2,1H3. The van der Waals surface area contributed by atoms with Crippen LogP contribution < -0.4 is 4.74 Å². The summed E-state index contributed by atoms with van der Waals surface area (Å²) < 4.78 is 27.5. The molecule has 0 saturated heterocycles. The van der Waals surface area contributed by atoms with Crippen LogP contribution in [0.5, 0.6) is 5.75 Å². The van der Waals surface area contributed by atoms with E-state index in [9.17, 15) is 13.2 Å². The van der Waals surface area contributed by atoms with Gasteiger partial charge in [-0.1, -0.05) is 6.92 Å². The van der Waals surface area contributed by atoms with Crippen molar-refractivity contribution in [3.63, 3.8) is 0 Å². The average molecular weight is 243 g/mol. The number of hydrogen-bond acceptors (Lipinski definition) is 5. The highest BCUT2D eigenvalue weighted by Gasteiger charge is 2.07. The van der Waals surface area contributed by atoms with Gasteiger partial charge in [0.2, 0.25) is 0 Å². The van der Waals surface area contributed by atoms with Crippen molar-refractivity contribution in [2.45, 2.75) is 6.92 Å². The van der Waals surface area contributed by atoms with E-state index in [0.717, 1.165) is 0 Å². The Hall–Kier alpha value is -1.43. The van der Waals surface area contributed by atoms with Gasteiger partial charge in [0.15, 0.2) is 16.1 Å². The molecule has 16 heavy (non-hydrogen) atoms. The second-order valence-corrected chi connectivity index (χ2v) is 5.59. The smallest absolute Gasteiger partial charge is 0.168 e. The third kappa shape index (κ3) is 3.98. The maximum Gasteiger partial charge on any atom is 0.168 e. The molecular formula is C10H13NO4S. The van der Waals surface area contributed by atoms with E-state index in [1.807, 2.05) is 0 Å². The molecule has 0 N–H and O–H groups in total. The molecule has 0 saturated carbocycles. The number of carbonyl (C=O) groups is 1. The van der Waals surface area contributed by atoms with E-state index in [0.29, 0.717) is 17.7 Å². The molecule has 1 heterocycles. The van der Waals surface area contributed by atoms with Crippen LogP contribution in [0.1, 0.15) is 17.4 Å². The molecule has 1 aromatic rings. The minimum absolute atomic E-state index is 0.0149. The Morgan fingerprint density at radius 2 is 2.19 bits per heavy atom. The van der Waals surface area contributed by atoms with Crippen molar-refractivity contribution in [1.29, 1.82) is 0 Å². The van der Waals surface area contributed by atoms with Crippen molar-refractivity contribution in [2.24, 2.45) is 0 Å². The fourth-order valence-electron chi connectivity index (χ4n) is 0.978. The van der Waals surface area contributed by atoms with Gasteiger partial charge >= 0.3 is 0 Å². The molecule has 88 valence electrons. The largest absolute Gasteiger partial charge is 0.491 e. The van der Waals surface area contributed by atoms with Crippen molar-refractivity contribution in [3.05, 3.63) is 24.0 Å². The lowest BCUT2D eigenvalue weighted by molar-refractivity contribution is 0.111. The first-order chi connectivity index (χ1) is 7.57. The first-order valence-electron chi connectivity index (χ1n) is 4.82. The van der Waals surface area contributed by atoms with Gasteiger partial charge in [-0.05, 0) is 12.1 Å². The number of pyridine rings is 1. The molecule has 0 unspecified atom stereocenters. The summed E-state index contributed by atoms with van der Waals surface area (Å²) in [6, 6.07) is 3.09. The number of aromatic nitrogens is 1. The Morgan fingerprint density at radius 3 is 2.69 bits per heavy atom. The number of nitrogens with zero attached hydrogens (tertiary/aromatic N) is 1. The summed E-state index contributed by atoms with van der Waals surface area (Å²) in [6.07, 6.45) is 2.02. The van der Waals surface area contributed by atoms with E-state index in [1.165, 1.54) is 12.3 Å². The molecule has 1 aromatic heterocycles. The van der Waals surface area contributed by atoms with E-state index in [1.54, 1.807) is 13.0 Å². The van der Waals surface area contributed by atoms with Crippen LogP contribution in [0.25, 0.3) is 0 Å². The summed E-state index contributed by atoms with van der Waals surface area (Å²) in [4.78, 5) is 14.1. The van der Waals surface area contributed by atoms with Crippen LogP contribution in [0.4, 0.5) is 0 Å². The fraction of sp³-hybridized carbons (Fsp3) is 0.400. The summed E-state index contributed by atoms with van der Waals surface area (Å²) in [5.74, 6) is 0.550. The predicted octanol–water partition coefficient (Wildman–Crippen LogP) is 0.708. The molecule has 0 aliphatic rings. The predicted molar refractivity (Wildman–Crippen MR) is 59.4 cm³/mol. The first-order valence-corrected chi connectivity index (χ1v) is 6.64. The van der Waals surface area contributed by atoms with Crippen LogP contribution in [-0.4, -0.2) is 37.8 Å². The molecule has 0 aliphatic carbocycles. The number of carbonyl (C=O) groups excluding carboxylic acids is 1. The Morgan fingerprint density at radius 1 is 1.44 bits per heavy atom. The summed E-state index contributed by atoms with van der Waals surface area (Å²) >= 11 is 0. The van der Waals surface area contributed by atoms with E-state index >= 15 is 0 Å². The van der Waals surface area contributed by atoms with Gasteiger partial charge in [0.1, 0.15) is 18.1 Å². The maximum absolute atomic E-state index is 11.1. The molecule has 0 spiro atoms. The summed E-state index contributed by atoms with van der Waals surface area (Å²) in [5.41, 5.74) is 0.313. The topological polar surface area (TPSA) is 73.3 Å². The highest BCUT2D eigenvalue weighted by Crippen LogP contribution is 2.08. The normalized spacial score (nSPS) is 11.1. The van der Waals surface area contributed by atoms with Gasteiger partial charge in [-0.2, -0.15) is 0 Å². The van der Waals surface area contributed by atoms with E-state index < -0.39 is 9.84 Å². The van der Waals surface area contributed by atoms with Crippen molar-refractivity contribution < 1.29 is 17.9 Å². The van der Waals surface area contributed by atoms with Gasteiger partial charge in [0.25, 0.3) is 0 Å². The van der Waals surface area contributed by atoms with Gasteiger partial charge in [-0.15, -0.1) is 0 Å². The number of hydrogen-bond donors (Lipinski definition) is 0. The minimum atomic E-state index is -3.00. The molecule has 1 rings (SSSR count). The van der Waals surface area contributed by atoms with Crippen molar-refractivity contribution in [2.75, 3.05) is 18.1 Å². The van der Waals surface area contributed by atoms with Crippen LogP contribution >= 0.6 is 0 Å². The van der Waals surface area contributed by atoms with Gasteiger partial charge in [-0.3, -0.25) is 4.79 Å². The third-order valence-corrected chi connectivity index (χ3v) is 3.65. The molecule has 0 bridgehead atoms. The quantitative estimate of drug-likeness (QED) is 0.688. The monoisotopic (exact) mass is 243 g/mol. The average Bonchev–Trinajstić information content (AvgIpc) is 2.30. The first kappa shape index (κ1) is 12.6. The van der Waals surface area contributed by atoms with Crippen molar-refractivity contribution in [1.82, 2.24) is 4.98 Å². The van der Waals surface area contributed by atoms with E-state index in [2.05, 4.69) is 4.98 Å². The molecule has 0 fully saturated rings. The zero-order valence-corrected chi connectivity index (χ0v) is 9.74. The molecule has 0 aliphatic heterocycles. The lowest BCUT2D eigenvalue weighted by atomic mass is 10.4. The zero-order chi connectivity index (χ0) is 12.0. The third-order valence-electron chi connectivity index (χ3n) is 1.98. The van der Waals surface area contributed by atoms with E-state index in [4.69, 9.17) is 4.74 Å². The van der Waals surface area contributed by atoms with Gasteiger partial charge in [0.05, 0.1) is 11.9 Å². The molecule has 5 nitrogen and oxygen atoms in total. The SMILES string of the molecule is CCS(=O)(=O)CCOc1ccc(C=O)nc1. The fourth-order valence-corrected chi connectivity index (χ4v) is 1.60. The van der Waals surface area contributed by atoms with Crippen LogP contribution in [-0.2, 0) is 9.84 Å². The lowest BCUT2D eigenvalue weighted by Gasteiger charge is -2.05. The second-order valence-electron chi connectivity index (χ2n) is 3.12. The Kier molecular flexibility index (Phi) is 4.42. The summed E-state index contributed by atoms with van der Waals surface area (Å²) in [6.45, 7) is 1.69. The van der Waals surface area contributed by atoms with Crippen molar-refractivity contribution in [3.8, 4) is 5.75 Å². The number of rotatable bonds is 6. The Bertz CT molecular complexity index is 438. The molecule has 0 radical (unpaired) electrons. The Balaban J connectivity index is 2.46. The second kappa shape index (κ2) is 5.60. The summed E-state index contributed by atoms with van der Waals surface area (Å²) in [7, 11) is -3.00.